The second-order valence-electron chi connectivity index (χ2n) is 5.67. The zero-order chi connectivity index (χ0) is 14.8. The maximum atomic E-state index is 11.0. The van der Waals surface area contributed by atoms with E-state index in [0.717, 1.165) is 30.4 Å². The van der Waals surface area contributed by atoms with Crippen LogP contribution in [0.25, 0.3) is 11.1 Å². The highest BCUT2D eigenvalue weighted by Gasteiger charge is 2.22. The molecule has 1 aliphatic carbocycles. The molecule has 0 aliphatic heterocycles. The lowest BCUT2D eigenvalue weighted by molar-refractivity contribution is 0.188. The summed E-state index contributed by atoms with van der Waals surface area (Å²) in [5, 5.41) is 11.6. The molecule has 1 amide bonds. The van der Waals surface area contributed by atoms with Crippen molar-refractivity contribution in [3.8, 4) is 11.1 Å². The van der Waals surface area contributed by atoms with Crippen molar-refractivity contribution in [3.05, 3.63) is 59.2 Å². The van der Waals surface area contributed by atoms with Crippen molar-refractivity contribution in [1.82, 2.24) is 5.32 Å². The summed E-state index contributed by atoms with van der Waals surface area (Å²) in [7, 11) is 0. The molecule has 0 spiro atoms. The Labute approximate surface area is 124 Å². The number of benzene rings is 2. The molecule has 0 saturated carbocycles. The summed E-state index contributed by atoms with van der Waals surface area (Å²) in [6, 6.07) is 14.7. The average molecular weight is 281 g/mol. The number of amides is 1. The summed E-state index contributed by atoms with van der Waals surface area (Å²) in [4.78, 5) is 11.0. The predicted octanol–water partition coefficient (Wildman–Crippen LogP) is 4.31. The Bertz CT molecular complexity index is 661. The van der Waals surface area contributed by atoms with Gasteiger partial charge in [-0.2, -0.15) is 0 Å². The molecule has 0 saturated heterocycles. The summed E-state index contributed by atoms with van der Waals surface area (Å²) < 4.78 is 0. The summed E-state index contributed by atoms with van der Waals surface area (Å²) >= 11 is 0. The van der Waals surface area contributed by atoms with Gasteiger partial charge >= 0.3 is 6.09 Å². The Hall–Kier alpha value is -2.29. The minimum atomic E-state index is -0.950. The highest BCUT2D eigenvalue weighted by atomic mass is 16.4. The van der Waals surface area contributed by atoms with Gasteiger partial charge in [0.2, 0.25) is 0 Å². The molecule has 1 aliphatic rings. The molecule has 0 aromatic heterocycles. The normalized spacial score (nSPS) is 17.1. The third kappa shape index (κ3) is 2.92. The maximum Gasteiger partial charge on any atom is 0.405 e. The molecule has 21 heavy (non-hydrogen) atoms. The summed E-state index contributed by atoms with van der Waals surface area (Å²) in [6.45, 7) is 2.07. The lowest BCUT2D eigenvalue weighted by Crippen LogP contribution is -2.29. The summed E-state index contributed by atoms with van der Waals surface area (Å²) in [5.74, 6) is 0. The van der Waals surface area contributed by atoms with E-state index in [9.17, 15) is 4.79 Å². The van der Waals surface area contributed by atoms with E-state index in [2.05, 4.69) is 54.7 Å². The first-order valence-electron chi connectivity index (χ1n) is 7.33. The van der Waals surface area contributed by atoms with Gasteiger partial charge in [0.25, 0.3) is 0 Å². The molecular weight excluding hydrogens is 262 g/mol. The molecule has 0 radical (unpaired) electrons. The Morgan fingerprint density at radius 1 is 1.14 bits per heavy atom. The van der Waals surface area contributed by atoms with Crippen LogP contribution in [-0.4, -0.2) is 11.2 Å². The number of fused-ring (bicyclic) bond motifs is 1. The molecule has 2 aromatic carbocycles. The topological polar surface area (TPSA) is 49.3 Å². The Morgan fingerprint density at radius 2 is 1.86 bits per heavy atom. The third-order valence-electron chi connectivity index (χ3n) is 4.14. The van der Waals surface area contributed by atoms with Gasteiger partial charge in [-0.25, -0.2) is 4.79 Å². The van der Waals surface area contributed by atoms with Crippen molar-refractivity contribution in [1.29, 1.82) is 0 Å². The van der Waals surface area contributed by atoms with E-state index >= 15 is 0 Å². The van der Waals surface area contributed by atoms with E-state index in [1.54, 1.807) is 0 Å². The molecule has 0 fully saturated rings. The zero-order valence-corrected chi connectivity index (χ0v) is 12.1. The standard InChI is InChI=1S/C18H19NO2/c1-12-5-7-13(8-6-12)15-10-9-14-3-2-4-17(16(14)11-15)19-18(20)21/h5-11,17,19H,2-4H2,1H3,(H,20,21). The van der Waals surface area contributed by atoms with Gasteiger partial charge in [-0.05, 0) is 54.5 Å². The Kier molecular flexibility index (Phi) is 3.65. The Morgan fingerprint density at radius 3 is 2.57 bits per heavy atom. The quantitative estimate of drug-likeness (QED) is 0.862. The fraction of sp³-hybridized carbons (Fsp3) is 0.278. The molecular formula is C18H19NO2. The fourth-order valence-electron chi connectivity index (χ4n) is 3.02. The van der Waals surface area contributed by atoms with Gasteiger partial charge in [-0.3, -0.25) is 0 Å². The first kappa shape index (κ1) is 13.7. The molecule has 2 N–H and O–H groups in total. The van der Waals surface area contributed by atoms with Crippen molar-refractivity contribution in [3.63, 3.8) is 0 Å². The van der Waals surface area contributed by atoms with Gasteiger partial charge in [0.1, 0.15) is 0 Å². The molecule has 3 rings (SSSR count). The highest BCUT2D eigenvalue weighted by Crippen LogP contribution is 2.33. The van der Waals surface area contributed by atoms with Crippen LogP contribution < -0.4 is 5.32 Å². The van der Waals surface area contributed by atoms with Crippen LogP contribution in [0.4, 0.5) is 4.79 Å². The van der Waals surface area contributed by atoms with Crippen molar-refractivity contribution < 1.29 is 9.90 Å². The van der Waals surface area contributed by atoms with E-state index < -0.39 is 6.09 Å². The van der Waals surface area contributed by atoms with Crippen LogP contribution in [0, 0.1) is 6.92 Å². The number of aryl methyl sites for hydroxylation is 2. The largest absolute Gasteiger partial charge is 0.465 e. The lowest BCUT2D eigenvalue weighted by Gasteiger charge is -2.26. The number of rotatable bonds is 2. The molecule has 3 heteroatoms. The number of hydrogen-bond donors (Lipinski definition) is 2. The minimum Gasteiger partial charge on any atom is -0.465 e. The monoisotopic (exact) mass is 281 g/mol. The van der Waals surface area contributed by atoms with Crippen LogP contribution in [-0.2, 0) is 6.42 Å². The molecule has 1 atom stereocenters. The first-order chi connectivity index (χ1) is 10.1. The van der Waals surface area contributed by atoms with Crippen LogP contribution in [0.3, 0.4) is 0 Å². The predicted molar refractivity (Wildman–Crippen MR) is 83.5 cm³/mol. The van der Waals surface area contributed by atoms with Crippen molar-refractivity contribution in [2.45, 2.75) is 32.2 Å². The molecule has 3 nitrogen and oxygen atoms in total. The highest BCUT2D eigenvalue weighted by molar-refractivity contribution is 5.68. The molecule has 1 unspecified atom stereocenters. The van der Waals surface area contributed by atoms with Crippen LogP contribution in [0.1, 0.15) is 35.6 Å². The van der Waals surface area contributed by atoms with Crippen LogP contribution in [0.5, 0.6) is 0 Å². The lowest BCUT2D eigenvalue weighted by atomic mass is 9.85. The van der Waals surface area contributed by atoms with E-state index in [4.69, 9.17) is 5.11 Å². The van der Waals surface area contributed by atoms with Gasteiger partial charge in [-0.1, -0.05) is 42.0 Å². The summed E-state index contributed by atoms with van der Waals surface area (Å²) in [6.07, 6.45) is 1.98. The second-order valence-corrected chi connectivity index (χ2v) is 5.67. The smallest absolute Gasteiger partial charge is 0.405 e. The second kappa shape index (κ2) is 5.60. The van der Waals surface area contributed by atoms with Crippen LogP contribution in [0.2, 0.25) is 0 Å². The van der Waals surface area contributed by atoms with Gasteiger partial charge in [0.05, 0.1) is 6.04 Å². The number of nitrogens with one attached hydrogen (secondary N) is 1. The van der Waals surface area contributed by atoms with Crippen molar-refractivity contribution >= 4 is 6.09 Å². The SMILES string of the molecule is Cc1ccc(-c2ccc3c(c2)C(NC(=O)O)CCC3)cc1. The molecule has 108 valence electrons. The van der Waals surface area contributed by atoms with Crippen LogP contribution >= 0.6 is 0 Å². The fourth-order valence-corrected chi connectivity index (χ4v) is 3.02. The number of hydrogen-bond acceptors (Lipinski definition) is 1. The van der Waals surface area contributed by atoms with E-state index in [-0.39, 0.29) is 6.04 Å². The van der Waals surface area contributed by atoms with Gasteiger partial charge in [-0.15, -0.1) is 0 Å². The van der Waals surface area contributed by atoms with E-state index in [0.29, 0.717) is 0 Å². The average Bonchev–Trinajstić information content (AvgIpc) is 2.47. The van der Waals surface area contributed by atoms with Gasteiger partial charge < -0.3 is 10.4 Å². The van der Waals surface area contributed by atoms with E-state index in [1.807, 2.05) is 0 Å². The molecule has 0 heterocycles. The van der Waals surface area contributed by atoms with Crippen LogP contribution in [0.15, 0.2) is 42.5 Å². The minimum absolute atomic E-state index is 0.0864. The first-order valence-corrected chi connectivity index (χ1v) is 7.33. The van der Waals surface area contributed by atoms with Gasteiger partial charge in [0, 0.05) is 0 Å². The maximum absolute atomic E-state index is 11.0. The number of carboxylic acid groups (broad SMARTS) is 1. The van der Waals surface area contributed by atoms with Crippen molar-refractivity contribution in [2.24, 2.45) is 0 Å². The molecule has 2 aromatic rings. The van der Waals surface area contributed by atoms with Gasteiger partial charge in [0.15, 0.2) is 0 Å². The molecule has 0 bridgehead atoms. The third-order valence-corrected chi connectivity index (χ3v) is 4.14. The zero-order valence-electron chi connectivity index (χ0n) is 12.1. The Balaban J connectivity index is 1.98. The summed E-state index contributed by atoms with van der Waals surface area (Å²) in [5.41, 5.74) is 5.94. The van der Waals surface area contributed by atoms with E-state index in [1.165, 1.54) is 16.7 Å². The number of carbonyl (C=O) groups is 1. The van der Waals surface area contributed by atoms with Crippen molar-refractivity contribution in [2.75, 3.05) is 0 Å².